The normalized spacial score (nSPS) is 19.6. The van der Waals surface area contributed by atoms with E-state index in [1.165, 1.54) is 0 Å². The smallest absolute Gasteiger partial charge is 0.224 e. The molecule has 2 heterocycles. The van der Waals surface area contributed by atoms with Crippen molar-refractivity contribution in [3.8, 4) is 11.5 Å². The van der Waals surface area contributed by atoms with Crippen LogP contribution in [0.15, 0.2) is 18.2 Å². The molecule has 1 atom stereocenters. The number of ether oxygens (including phenoxy) is 2. The van der Waals surface area contributed by atoms with Crippen molar-refractivity contribution in [3.63, 3.8) is 0 Å². The molecular weight excluding hydrogens is 330 g/mol. The van der Waals surface area contributed by atoms with E-state index in [0.717, 1.165) is 62.6 Å². The van der Waals surface area contributed by atoms with E-state index in [1.807, 2.05) is 18.2 Å². The third kappa shape index (κ3) is 5.35. The molecule has 1 amide bonds. The number of rotatable bonds is 6. The van der Waals surface area contributed by atoms with Crippen molar-refractivity contribution in [1.82, 2.24) is 15.1 Å². The molecule has 1 N–H and O–H groups in total. The fourth-order valence-electron chi connectivity index (χ4n) is 3.40. The predicted octanol–water partition coefficient (Wildman–Crippen LogP) is 1.53. The van der Waals surface area contributed by atoms with Crippen molar-refractivity contribution in [2.45, 2.75) is 32.2 Å². The van der Waals surface area contributed by atoms with Crippen molar-refractivity contribution in [2.24, 2.45) is 0 Å². The lowest BCUT2D eigenvalue weighted by molar-refractivity contribution is -0.121. The predicted molar refractivity (Wildman–Crippen MR) is 102 cm³/mol. The molecular formula is C20H31N3O3. The number of amides is 1. The summed E-state index contributed by atoms with van der Waals surface area (Å²) in [5.74, 6) is 1.59. The molecule has 26 heavy (non-hydrogen) atoms. The second-order valence-electron chi connectivity index (χ2n) is 7.28. The number of carbonyl (C=O) groups is 1. The number of nitrogens with zero attached hydrogens (tertiary/aromatic N) is 2. The van der Waals surface area contributed by atoms with Gasteiger partial charge >= 0.3 is 0 Å². The van der Waals surface area contributed by atoms with Crippen molar-refractivity contribution in [1.29, 1.82) is 0 Å². The zero-order valence-corrected chi connectivity index (χ0v) is 16.0. The number of benzene rings is 1. The Morgan fingerprint density at radius 3 is 2.62 bits per heavy atom. The minimum Gasteiger partial charge on any atom is -0.490 e. The molecule has 6 nitrogen and oxygen atoms in total. The molecule has 0 bridgehead atoms. The van der Waals surface area contributed by atoms with Crippen molar-refractivity contribution in [2.75, 3.05) is 53.0 Å². The van der Waals surface area contributed by atoms with Crippen LogP contribution in [-0.4, -0.2) is 74.7 Å². The van der Waals surface area contributed by atoms with E-state index in [1.54, 1.807) is 0 Å². The lowest BCUT2D eigenvalue weighted by atomic mass is 10.1. The maximum absolute atomic E-state index is 12.5. The monoisotopic (exact) mass is 361 g/mol. The Labute approximate surface area is 156 Å². The van der Waals surface area contributed by atoms with Crippen LogP contribution >= 0.6 is 0 Å². The Morgan fingerprint density at radius 2 is 1.88 bits per heavy atom. The van der Waals surface area contributed by atoms with Gasteiger partial charge in [0.15, 0.2) is 11.5 Å². The molecule has 1 fully saturated rings. The number of likely N-dealkylation sites (N-methyl/N-ethyl adjacent to an activating group) is 1. The van der Waals surface area contributed by atoms with E-state index in [0.29, 0.717) is 19.6 Å². The Hall–Kier alpha value is -1.79. The largest absolute Gasteiger partial charge is 0.490 e. The molecule has 0 aromatic heterocycles. The zero-order chi connectivity index (χ0) is 18.4. The highest BCUT2D eigenvalue weighted by atomic mass is 16.5. The van der Waals surface area contributed by atoms with Crippen molar-refractivity contribution >= 4 is 5.91 Å². The molecule has 0 aliphatic carbocycles. The Kier molecular flexibility index (Phi) is 6.74. The van der Waals surface area contributed by atoms with Gasteiger partial charge in [-0.2, -0.15) is 0 Å². The van der Waals surface area contributed by atoms with Crippen LogP contribution in [0.2, 0.25) is 0 Å². The van der Waals surface area contributed by atoms with Crippen LogP contribution in [0, 0.1) is 0 Å². The van der Waals surface area contributed by atoms with E-state index >= 15 is 0 Å². The minimum absolute atomic E-state index is 0.0699. The standard InChI is InChI=1S/C20H31N3O3/c1-3-17(15-23-9-7-22(2)8-10-23)21-20(24)14-16-5-6-18-19(13-16)26-12-4-11-25-18/h5-6,13,17H,3-4,7-12,14-15H2,1-2H3,(H,21,24). The number of hydrogen-bond acceptors (Lipinski definition) is 5. The Bertz CT molecular complexity index is 600. The third-order valence-corrected chi connectivity index (χ3v) is 5.11. The van der Waals surface area contributed by atoms with Gasteiger partial charge in [0.05, 0.1) is 19.6 Å². The lowest BCUT2D eigenvalue weighted by Gasteiger charge is -2.34. The van der Waals surface area contributed by atoms with Gasteiger partial charge in [-0.3, -0.25) is 9.69 Å². The minimum atomic E-state index is 0.0699. The topological polar surface area (TPSA) is 54.0 Å². The average molecular weight is 361 g/mol. The third-order valence-electron chi connectivity index (χ3n) is 5.11. The summed E-state index contributed by atoms with van der Waals surface area (Å²) in [6.45, 7) is 8.74. The molecule has 144 valence electrons. The van der Waals surface area contributed by atoms with Gasteiger partial charge < -0.3 is 19.7 Å². The van der Waals surface area contributed by atoms with Gasteiger partial charge in [-0.05, 0) is 31.2 Å². The summed E-state index contributed by atoms with van der Waals surface area (Å²) >= 11 is 0. The molecule has 1 unspecified atom stereocenters. The first kappa shape index (κ1) is 19.0. The van der Waals surface area contributed by atoms with Crippen LogP contribution in [-0.2, 0) is 11.2 Å². The summed E-state index contributed by atoms with van der Waals surface area (Å²) in [5.41, 5.74) is 0.959. The van der Waals surface area contributed by atoms with Gasteiger partial charge in [-0.15, -0.1) is 0 Å². The fourth-order valence-corrected chi connectivity index (χ4v) is 3.40. The van der Waals surface area contributed by atoms with E-state index < -0.39 is 0 Å². The molecule has 2 aliphatic rings. The van der Waals surface area contributed by atoms with E-state index in [9.17, 15) is 4.79 Å². The summed E-state index contributed by atoms with van der Waals surface area (Å²) in [4.78, 5) is 17.3. The molecule has 3 rings (SSSR count). The van der Waals surface area contributed by atoms with E-state index in [-0.39, 0.29) is 11.9 Å². The number of fused-ring (bicyclic) bond motifs is 1. The van der Waals surface area contributed by atoms with E-state index in [2.05, 4.69) is 29.1 Å². The first-order valence-electron chi connectivity index (χ1n) is 9.73. The summed E-state index contributed by atoms with van der Waals surface area (Å²) in [7, 11) is 2.16. The molecule has 0 saturated carbocycles. The van der Waals surface area contributed by atoms with Crippen molar-refractivity contribution < 1.29 is 14.3 Å². The highest BCUT2D eigenvalue weighted by Gasteiger charge is 2.19. The Balaban J connectivity index is 1.51. The molecule has 1 saturated heterocycles. The highest BCUT2D eigenvalue weighted by molar-refractivity contribution is 5.79. The molecule has 2 aliphatic heterocycles. The van der Waals surface area contributed by atoms with Gasteiger partial charge in [-0.1, -0.05) is 13.0 Å². The first-order valence-corrected chi connectivity index (χ1v) is 9.73. The zero-order valence-electron chi connectivity index (χ0n) is 16.0. The van der Waals surface area contributed by atoms with Gasteiger partial charge in [0.1, 0.15) is 0 Å². The SMILES string of the molecule is CCC(CN1CCN(C)CC1)NC(=O)Cc1ccc2c(c1)OCCCO2. The van der Waals surface area contributed by atoms with Crippen LogP contribution in [0.3, 0.4) is 0 Å². The van der Waals surface area contributed by atoms with Crippen LogP contribution in [0.25, 0.3) is 0 Å². The maximum atomic E-state index is 12.5. The van der Waals surface area contributed by atoms with Crippen LogP contribution in [0.4, 0.5) is 0 Å². The van der Waals surface area contributed by atoms with Gasteiger partial charge in [-0.25, -0.2) is 0 Å². The summed E-state index contributed by atoms with van der Waals surface area (Å²) in [5, 5.41) is 3.20. The summed E-state index contributed by atoms with van der Waals surface area (Å²) < 4.78 is 11.4. The quantitative estimate of drug-likeness (QED) is 0.833. The number of piperazine rings is 1. The van der Waals surface area contributed by atoms with Crippen LogP contribution < -0.4 is 14.8 Å². The molecule has 1 aromatic carbocycles. The van der Waals surface area contributed by atoms with Gasteiger partial charge in [0.25, 0.3) is 0 Å². The fraction of sp³-hybridized carbons (Fsp3) is 0.650. The second-order valence-corrected chi connectivity index (χ2v) is 7.28. The summed E-state index contributed by atoms with van der Waals surface area (Å²) in [6.07, 6.45) is 2.20. The van der Waals surface area contributed by atoms with Gasteiger partial charge in [0.2, 0.25) is 5.91 Å². The molecule has 0 spiro atoms. The maximum Gasteiger partial charge on any atom is 0.224 e. The number of nitrogens with one attached hydrogen (secondary N) is 1. The van der Waals surface area contributed by atoms with Crippen LogP contribution in [0.1, 0.15) is 25.3 Å². The van der Waals surface area contributed by atoms with Gasteiger partial charge in [0, 0.05) is 45.2 Å². The van der Waals surface area contributed by atoms with Crippen molar-refractivity contribution in [3.05, 3.63) is 23.8 Å². The van der Waals surface area contributed by atoms with E-state index in [4.69, 9.17) is 9.47 Å². The molecule has 1 aromatic rings. The lowest BCUT2D eigenvalue weighted by Crippen LogP contribution is -2.50. The summed E-state index contributed by atoms with van der Waals surface area (Å²) in [6, 6.07) is 5.99. The second kappa shape index (κ2) is 9.24. The first-order chi connectivity index (χ1) is 12.6. The van der Waals surface area contributed by atoms with Crippen LogP contribution in [0.5, 0.6) is 11.5 Å². The average Bonchev–Trinajstić information content (AvgIpc) is 2.88. The highest BCUT2D eigenvalue weighted by Crippen LogP contribution is 2.30. The Morgan fingerprint density at radius 1 is 1.15 bits per heavy atom. The molecule has 0 radical (unpaired) electrons. The number of carbonyl (C=O) groups excluding carboxylic acids is 1. The number of hydrogen-bond donors (Lipinski definition) is 1. The molecule has 6 heteroatoms.